The molecule has 0 atom stereocenters. The number of nitrogens with two attached hydrogens (primary N) is 1. The maximum atomic E-state index is 10.5. The van der Waals surface area contributed by atoms with E-state index in [2.05, 4.69) is 10.4 Å². The third kappa shape index (κ3) is 1.84. The first-order chi connectivity index (χ1) is 8.15. The quantitative estimate of drug-likeness (QED) is 0.646. The van der Waals surface area contributed by atoms with Crippen molar-refractivity contribution in [3.05, 3.63) is 40.9 Å². The topological polar surface area (TPSA) is 76.5 Å². The Balaban J connectivity index is 2.55. The van der Waals surface area contributed by atoms with Gasteiger partial charge >= 0.3 is 0 Å². The molecule has 88 valence electrons. The molecule has 1 aromatic heterocycles. The molecule has 2 aromatic rings. The van der Waals surface area contributed by atoms with Crippen LogP contribution in [0.5, 0.6) is 0 Å². The van der Waals surface area contributed by atoms with Gasteiger partial charge in [-0.05, 0) is 19.1 Å². The van der Waals surface area contributed by atoms with Gasteiger partial charge in [-0.15, -0.1) is 4.91 Å². The van der Waals surface area contributed by atoms with E-state index in [0.717, 1.165) is 5.69 Å². The number of hydrogen-bond donors (Lipinski definition) is 1. The Kier molecular flexibility index (Phi) is 2.78. The molecule has 1 aromatic carbocycles. The predicted octanol–water partition coefficient (Wildman–Crippen LogP) is 1.88. The van der Waals surface area contributed by atoms with Gasteiger partial charge in [0.15, 0.2) is 5.82 Å². The fourth-order valence-electron chi connectivity index (χ4n) is 1.74. The summed E-state index contributed by atoms with van der Waals surface area (Å²) in [4.78, 5) is 10.5. The summed E-state index contributed by atoms with van der Waals surface area (Å²) in [6, 6.07) is 9.48. The molecular formula is C11H13N5O. The summed E-state index contributed by atoms with van der Waals surface area (Å²) in [5, 5.41) is 8.32. The lowest BCUT2D eigenvalue weighted by Crippen LogP contribution is -2.10. The molecule has 2 rings (SSSR count). The van der Waals surface area contributed by atoms with E-state index in [4.69, 9.17) is 5.73 Å². The molecule has 6 nitrogen and oxygen atoms in total. The number of para-hydroxylation sites is 1. The van der Waals surface area contributed by atoms with Crippen LogP contribution in [0, 0.1) is 11.8 Å². The Hall–Kier alpha value is -2.37. The van der Waals surface area contributed by atoms with Gasteiger partial charge in [-0.3, -0.25) is 0 Å². The van der Waals surface area contributed by atoms with Crippen LogP contribution in [0.1, 0.15) is 5.69 Å². The van der Waals surface area contributed by atoms with E-state index >= 15 is 0 Å². The van der Waals surface area contributed by atoms with Crippen molar-refractivity contribution >= 4 is 11.5 Å². The molecule has 0 saturated carbocycles. The SMILES string of the molecule is Cc1nn(-c2ccccc2)c(N)c1N(C)N=O. The summed E-state index contributed by atoms with van der Waals surface area (Å²) in [5.41, 5.74) is 8.01. The van der Waals surface area contributed by atoms with Crippen LogP contribution in [0.25, 0.3) is 5.69 Å². The van der Waals surface area contributed by atoms with E-state index in [1.807, 2.05) is 30.3 Å². The molecule has 2 N–H and O–H groups in total. The highest BCUT2D eigenvalue weighted by molar-refractivity contribution is 5.68. The first-order valence-electron chi connectivity index (χ1n) is 5.12. The van der Waals surface area contributed by atoms with Gasteiger partial charge in [-0.2, -0.15) is 5.10 Å². The molecule has 1 heterocycles. The van der Waals surface area contributed by atoms with Crippen molar-refractivity contribution in [3.8, 4) is 5.69 Å². The summed E-state index contributed by atoms with van der Waals surface area (Å²) in [5.74, 6) is 0.399. The van der Waals surface area contributed by atoms with Crippen LogP contribution in [0.2, 0.25) is 0 Å². The molecule has 0 aliphatic heterocycles. The molecule has 0 fully saturated rings. The van der Waals surface area contributed by atoms with Crippen molar-refractivity contribution in [2.75, 3.05) is 17.8 Å². The van der Waals surface area contributed by atoms with Gasteiger partial charge in [0.1, 0.15) is 5.69 Å². The predicted molar refractivity (Wildman–Crippen MR) is 66.9 cm³/mol. The van der Waals surface area contributed by atoms with E-state index in [0.29, 0.717) is 17.2 Å². The number of anilines is 2. The summed E-state index contributed by atoms with van der Waals surface area (Å²) >= 11 is 0. The number of rotatable bonds is 3. The molecule has 0 spiro atoms. The maximum Gasteiger partial charge on any atom is 0.153 e. The van der Waals surface area contributed by atoms with Gasteiger partial charge in [0, 0.05) is 7.05 Å². The van der Waals surface area contributed by atoms with E-state index in [9.17, 15) is 4.91 Å². The summed E-state index contributed by atoms with van der Waals surface area (Å²) in [6.07, 6.45) is 0. The lowest BCUT2D eigenvalue weighted by atomic mass is 10.3. The van der Waals surface area contributed by atoms with Crippen LogP contribution in [-0.4, -0.2) is 16.8 Å². The molecule has 0 unspecified atom stereocenters. The molecule has 0 aliphatic rings. The Bertz CT molecular complexity index is 534. The summed E-state index contributed by atoms with van der Waals surface area (Å²) < 4.78 is 1.59. The summed E-state index contributed by atoms with van der Waals surface area (Å²) in [6.45, 7) is 1.78. The number of aryl methyl sites for hydroxylation is 1. The fourth-order valence-corrected chi connectivity index (χ4v) is 1.74. The lowest BCUT2D eigenvalue weighted by molar-refractivity contribution is 0.872. The number of nitroso groups, excluding NO2 is 1. The van der Waals surface area contributed by atoms with Crippen molar-refractivity contribution in [3.63, 3.8) is 0 Å². The largest absolute Gasteiger partial charge is 0.382 e. The zero-order valence-corrected chi connectivity index (χ0v) is 9.66. The van der Waals surface area contributed by atoms with Gasteiger partial charge in [0.25, 0.3) is 0 Å². The first-order valence-corrected chi connectivity index (χ1v) is 5.12. The van der Waals surface area contributed by atoms with E-state index < -0.39 is 0 Å². The number of aromatic nitrogens is 2. The highest BCUT2D eigenvalue weighted by Crippen LogP contribution is 2.28. The molecule has 6 heteroatoms. The van der Waals surface area contributed by atoms with Crippen LogP contribution in [0.15, 0.2) is 35.6 Å². The van der Waals surface area contributed by atoms with Gasteiger partial charge < -0.3 is 5.73 Å². The Morgan fingerprint density at radius 3 is 2.59 bits per heavy atom. The van der Waals surface area contributed by atoms with E-state index in [1.165, 1.54) is 5.01 Å². The van der Waals surface area contributed by atoms with Crippen LogP contribution >= 0.6 is 0 Å². The summed E-state index contributed by atoms with van der Waals surface area (Å²) in [7, 11) is 1.54. The molecule has 0 bridgehead atoms. The van der Waals surface area contributed by atoms with Crippen LogP contribution in [0.3, 0.4) is 0 Å². The average molecular weight is 231 g/mol. The van der Waals surface area contributed by atoms with Crippen molar-refractivity contribution in [1.29, 1.82) is 0 Å². The minimum atomic E-state index is 0.399. The van der Waals surface area contributed by atoms with E-state index in [1.54, 1.807) is 18.7 Å². The van der Waals surface area contributed by atoms with E-state index in [-0.39, 0.29) is 0 Å². The molecule has 0 aliphatic carbocycles. The third-order valence-electron chi connectivity index (χ3n) is 2.51. The van der Waals surface area contributed by atoms with Crippen molar-refractivity contribution in [2.45, 2.75) is 6.92 Å². The van der Waals surface area contributed by atoms with Crippen molar-refractivity contribution in [2.24, 2.45) is 5.29 Å². The third-order valence-corrected chi connectivity index (χ3v) is 2.51. The second-order valence-electron chi connectivity index (χ2n) is 3.67. The van der Waals surface area contributed by atoms with Gasteiger partial charge in [-0.25, -0.2) is 9.69 Å². The molecule has 0 radical (unpaired) electrons. The van der Waals surface area contributed by atoms with Crippen molar-refractivity contribution in [1.82, 2.24) is 9.78 Å². The smallest absolute Gasteiger partial charge is 0.153 e. The molecular weight excluding hydrogens is 218 g/mol. The molecule has 0 saturated heterocycles. The fraction of sp³-hybridized carbons (Fsp3) is 0.182. The van der Waals surface area contributed by atoms with Crippen LogP contribution < -0.4 is 10.7 Å². The Morgan fingerprint density at radius 2 is 2.00 bits per heavy atom. The normalized spacial score (nSPS) is 10.2. The maximum absolute atomic E-state index is 10.5. The lowest BCUT2D eigenvalue weighted by Gasteiger charge is -2.08. The zero-order valence-electron chi connectivity index (χ0n) is 9.66. The highest BCUT2D eigenvalue weighted by atomic mass is 16.3. The second-order valence-corrected chi connectivity index (χ2v) is 3.67. The van der Waals surface area contributed by atoms with Crippen molar-refractivity contribution < 1.29 is 0 Å². The molecule has 17 heavy (non-hydrogen) atoms. The average Bonchev–Trinajstić information content (AvgIpc) is 2.65. The van der Waals surface area contributed by atoms with Gasteiger partial charge in [0.2, 0.25) is 0 Å². The minimum Gasteiger partial charge on any atom is -0.382 e. The van der Waals surface area contributed by atoms with Gasteiger partial charge in [-0.1, -0.05) is 18.2 Å². The standard InChI is InChI=1S/C11H13N5O/c1-8-10(15(2)14-17)11(12)16(13-8)9-6-4-3-5-7-9/h3-7H,12H2,1-2H3. The van der Waals surface area contributed by atoms with Gasteiger partial charge in [0.05, 0.1) is 16.7 Å². The van der Waals surface area contributed by atoms with Crippen LogP contribution in [0.4, 0.5) is 11.5 Å². The molecule has 0 amide bonds. The highest BCUT2D eigenvalue weighted by Gasteiger charge is 2.17. The minimum absolute atomic E-state index is 0.399. The second kappa shape index (κ2) is 4.25. The first kappa shape index (κ1) is 11.1. The zero-order chi connectivity index (χ0) is 12.4. The number of nitrogen functional groups attached to an aromatic ring is 1. The van der Waals surface area contributed by atoms with Crippen LogP contribution in [-0.2, 0) is 0 Å². The monoisotopic (exact) mass is 231 g/mol. The Labute approximate surface area is 98.6 Å². The Morgan fingerprint density at radius 1 is 1.35 bits per heavy atom. The number of benzene rings is 1. The number of hydrogen-bond acceptors (Lipinski definition) is 4. The number of nitrogens with zero attached hydrogens (tertiary/aromatic N) is 4.